The number of nitrogens with zero attached hydrogens (tertiary/aromatic N) is 1. The highest BCUT2D eigenvalue weighted by Crippen LogP contribution is 2.16. The van der Waals surface area contributed by atoms with Gasteiger partial charge in [-0.2, -0.15) is 8.42 Å². The van der Waals surface area contributed by atoms with E-state index in [1.807, 2.05) is 0 Å². The first-order chi connectivity index (χ1) is 4.93. The highest BCUT2D eigenvalue weighted by molar-refractivity contribution is 7.84. The van der Waals surface area contributed by atoms with Crippen molar-refractivity contribution in [1.82, 2.24) is 4.47 Å². The topological polar surface area (TPSA) is 87.1 Å². The van der Waals surface area contributed by atoms with Gasteiger partial charge in [-0.05, 0) is 11.4 Å². The first-order valence-electron chi connectivity index (χ1n) is 2.73. The van der Waals surface area contributed by atoms with Crippen molar-refractivity contribution in [2.45, 2.75) is 13.2 Å². The summed E-state index contributed by atoms with van der Waals surface area (Å²) < 4.78 is 25.3. The third-order valence-corrected chi connectivity index (χ3v) is 2.22. The summed E-state index contributed by atoms with van der Waals surface area (Å²) in [6.07, 6.45) is -0.505. The molecular formula is C4H7NO5S. The lowest BCUT2D eigenvalue weighted by molar-refractivity contribution is -0.112. The van der Waals surface area contributed by atoms with Crippen LogP contribution in [-0.4, -0.2) is 29.4 Å². The van der Waals surface area contributed by atoms with E-state index in [1.165, 1.54) is 6.92 Å². The molecule has 0 spiro atoms. The fourth-order valence-electron chi connectivity index (χ4n) is 0.638. The Morgan fingerprint density at radius 1 is 1.73 bits per heavy atom. The summed E-state index contributed by atoms with van der Waals surface area (Å²) in [5, 5.41) is 17.5. The summed E-state index contributed by atoms with van der Waals surface area (Å²) >= 11 is 0. The molecule has 64 valence electrons. The average molecular weight is 181 g/mol. The zero-order chi connectivity index (χ0) is 8.65. The van der Waals surface area contributed by atoms with Crippen molar-refractivity contribution in [2.75, 3.05) is 0 Å². The van der Waals surface area contributed by atoms with Gasteiger partial charge in [0.1, 0.15) is 5.76 Å². The van der Waals surface area contributed by atoms with Crippen LogP contribution < -0.4 is 0 Å². The molecule has 7 heteroatoms. The van der Waals surface area contributed by atoms with Crippen molar-refractivity contribution >= 4 is 10.3 Å². The minimum atomic E-state index is -4.19. The summed E-state index contributed by atoms with van der Waals surface area (Å²) in [6, 6.07) is 0. The number of rotatable bonds is 0. The lowest BCUT2D eigenvalue weighted by atomic mass is 10.4. The summed E-state index contributed by atoms with van der Waals surface area (Å²) in [5.74, 6) is 0.0304. The van der Waals surface area contributed by atoms with Gasteiger partial charge in [-0.15, -0.1) is 0 Å². The predicted molar refractivity (Wildman–Crippen MR) is 33.4 cm³/mol. The van der Waals surface area contributed by atoms with Gasteiger partial charge in [-0.3, -0.25) is 5.21 Å². The van der Waals surface area contributed by atoms with Crippen LogP contribution in [0.25, 0.3) is 0 Å². The highest BCUT2D eigenvalue weighted by Gasteiger charge is 2.32. The fourth-order valence-corrected chi connectivity index (χ4v) is 1.43. The number of allylic oxidation sites excluding steroid dienone is 1. The summed E-state index contributed by atoms with van der Waals surface area (Å²) in [5.41, 5.74) is 0. The number of hydroxylamine groups is 1. The van der Waals surface area contributed by atoms with E-state index in [-0.39, 0.29) is 10.2 Å². The standard InChI is InChI=1S/C4H7NO5S/c1-3-2-4(6)5(7)11(8,9)10-3/h2,4,6-7H,1H3. The monoisotopic (exact) mass is 181 g/mol. The number of hydrogen-bond donors (Lipinski definition) is 2. The second-order valence-electron chi connectivity index (χ2n) is 2.00. The summed E-state index contributed by atoms with van der Waals surface area (Å²) in [7, 11) is -4.19. The summed E-state index contributed by atoms with van der Waals surface area (Å²) in [4.78, 5) is 0. The van der Waals surface area contributed by atoms with Crippen LogP contribution in [0.3, 0.4) is 0 Å². The van der Waals surface area contributed by atoms with Crippen LogP contribution in [0.2, 0.25) is 0 Å². The Morgan fingerprint density at radius 3 is 2.73 bits per heavy atom. The Balaban J connectivity index is 3.04. The molecule has 0 aromatic carbocycles. The SMILES string of the molecule is CC1=CC(O)N(O)S(=O)(=O)O1. The van der Waals surface area contributed by atoms with E-state index >= 15 is 0 Å². The Morgan fingerprint density at radius 2 is 2.27 bits per heavy atom. The van der Waals surface area contributed by atoms with Crippen molar-refractivity contribution < 1.29 is 22.9 Å². The van der Waals surface area contributed by atoms with Gasteiger partial charge in [-0.1, -0.05) is 0 Å². The van der Waals surface area contributed by atoms with Gasteiger partial charge < -0.3 is 9.29 Å². The molecule has 0 fully saturated rings. The molecule has 1 rings (SSSR count). The average Bonchev–Trinajstić information content (AvgIpc) is 1.81. The van der Waals surface area contributed by atoms with E-state index in [9.17, 15) is 8.42 Å². The number of hydrogen-bond acceptors (Lipinski definition) is 5. The maximum absolute atomic E-state index is 10.7. The van der Waals surface area contributed by atoms with Crippen molar-refractivity contribution in [2.24, 2.45) is 0 Å². The van der Waals surface area contributed by atoms with Crippen molar-refractivity contribution in [1.29, 1.82) is 0 Å². The minimum absolute atomic E-state index is 0.0304. The Hall–Kier alpha value is -0.630. The highest BCUT2D eigenvalue weighted by atomic mass is 32.2. The van der Waals surface area contributed by atoms with Crippen LogP contribution in [-0.2, 0) is 14.5 Å². The Kier molecular flexibility index (Phi) is 1.89. The number of aliphatic hydroxyl groups excluding tert-OH is 1. The smallest absolute Gasteiger partial charge is 0.374 e. The molecule has 1 unspecified atom stereocenters. The first-order valence-corrected chi connectivity index (χ1v) is 4.09. The van der Waals surface area contributed by atoms with Crippen LogP contribution in [0.4, 0.5) is 0 Å². The van der Waals surface area contributed by atoms with E-state index in [4.69, 9.17) is 10.3 Å². The van der Waals surface area contributed by atoms with Crippen molar-refractivity contribution in [3.8, 4) is 0 Å². The molecule has 1 atom stereocenters. The number of aliphatic hydroxyl groups is 1. The molecule has 6 nitrogen and oxygen atoms in total. The molecule has 1 aliphatic heterocycles. The van der Waals surface area contributed by atoms with E-state index in [0.717, 1.165) is 6.08 Å². The molecule has 0 saturated heterocycles. The molecule has 1 aliphatic rings. The lowest BCUT2D eigenvalue weighted by Gasteiger charge is -2.22. The van der Waals surface area contributed by atoms with E-state index < -0.39 is 16.5 Å². The van der Waals surface area contributed by atoms with Crippen LogP contribution in [0.1, 0.15) is 6.92 Å². The quantitative estimate of drug-likeness (QED) is 0.509. The molecule has 0 saturated carbocycles. The molecule has 11 heavy (non-hydrogen) atoms. The second-order valence-corrected chi connectivity index (χ2v) is 3.40. The van der Waals surface area contributed by atoms with Gasteiger partial charge in [0.2, 0.25) is 0 Å². The molecule has 0 aromatic heterocycles. The van der Waals surface area contributed by atoms with Crippen LogP contribution >= 0.6 is 0 Å². The Bertz CT molecular complexity index is 281. The molecule has 0 bridgehead atoms. The Labute approximate surface area is 63.5 Å². The molecule has 1 heterocycles. The van der Waals surface area contributed by atoms with Gasteiger partial charge in [-0.25, -0.2) is 0 Å². The third-order valence-electron chi connectivity index (χ3n) is 1.08. The molecule has 2 N–H and O–H groups in total. The normalized spacial score (nSPS) is 30.8. The molecule has 0 radical (unpaired) electrons. The first kappa shape index (κ1) is 8.47. The van der Waals surface area contributed by atoms with Crippen molar-refractivity contribution in [3.63, 3.8) is 0 Å². The van der Waals surface area contributed by atoms with Gasteiger partial charge in [0, 0.05) is 6.08 Å². The second kappa shape index (κ2) is 2.45. The van der Waals surface area contributed by atoms with Gasteiger partial charge >= 0.3 is 10.3 Å². The molecular weight excluding hydrogens is 174 g/mol. The predicted octanol–water partition coefficient (Wildman–Crippen LogP) is -0.825. The summed E-state index contributed by atoms with van der Waals surface area (Å²) in [6.45, 7) is 1.35. The van der Waals surface area contributed by atoms with Gasteiger partial charge in [0.25, 0.3) is 0 Å². The van der Waals surface area contributed by atoms with E-state index in [1.54, 1.807) is 0 Å². The van der Waals surface area contributed by atoms with E-state index in [0.29, 0.717) is 0 Å². The van der Waals surface area contributed by atoms with Gasteiger partial charge in [0.05, 0.1) is 0 Å². The zero-order valence-electron chi connectivity index (χ0n) is 5.63. The van der Waals surface area contributed by atoms with Crippen molar-refractivity contribution in [3.05, 3.63) is 11.8 Å². The van der Waals surface area contributed by atoms with Crippen LogP contribution in [0.5, 0.6) is 0 Å². The molecule has 0 aromatic rings. The van der Waals surface area contributed by atoms with Crippen LogP contribution in [0.15, 0.2) is 11.8 Å². The third kappa shape index (κ3) is 1.51. The van der Waals surface area contributed by atoms with E-state index in [2.05, 4.69) is 4.18 Å². The largest absolute Gasteiger partial charge is 0.409 e. The molecule has 0 amide bonds. The zero-order valence-corrected chi connectivity index (χ0v) is 6.45. The maximum Gasteiger partial charge on any atom is 0.409 e. The maximum atomic E-state index is 10.7. The minimum Gasteiger partial charge on any atom is -0.374 e. The van der Waals surface area contributed by atoms with Crippen LogP contribution in [0, 0.1) is 0 Å². The van der Waals surface area contributed by atoms with Gasteiger partial charge in [0.15, 0.2) is 6.23 Å². The lowest BCUT2D eigenvalue weighted by Crippen LogP contribution is -2.40. The molecule has 0 aliphatic carbocycles. The fraction of sp³-hybridized carbons (Fsp3) is 0.500.